The predicted molar refractivity (Wildman–Crippen MR) is 105 cm³/mol. The van der Waals surface area contributed by atoms with E-state index in [1.165, 1.54) is 22.3 Å². The van der Waals surface area contributed by atoms with Crippen LogP contribution in [0.25, 0.3) is 0 Å². The lowest BCUT2D eigenvalue weighted by atomic mass is 9.76. The van der Waals surface area contributed by atoms with Crippen molar-refractivity contribution in [1.29, 1.82) is 0 Å². The highest BCUT2D eigenvalue weighted by Gasteiger charge is 2.43. The van der Waals surface area contributed by atoms with Crippen molar-refractivity contribution in [2.75, 3.05) is 14.2 Å². The van der Waals surface area contributed by atoms with Crippen molar-refractivity contribution in [3.05, 3.63) is 95.1 Å². The summed E-state index contributed by atoms with van der Waals surface area (Å²) in [6.45, 7) is 2.34. The Morgan fingerprint density at radius 1 is 0.808 bits per heavy atom. The average molecular weight is 344 g/mol. The van der Waals surface area contributed by atoms with Crippen molar-refractivity contribution < 1.29 is 9.47 Å². The lowest BCUT2D eigenvalue weighted by molar-refractivity contribution is 0.354. The maximum Gasteiger partial charge on any atom is 0.161 e. The first-order valence-electron chi connectivity index (χ1n) is 9.04. The summed E-state index contributed by atoms with van der Waals surface area (Å²) >= 11 is 0. The lowest BCUT2D eigenvalue weighted by Crippen LogP contribution is -2.20. The molecule has 0 amide bonds. The third kappa shape index (κ3) is 2.57. The molecule has 3 aromatic rings. The van der Waals surface area contributed by atoms with Crippen LogP contribution in [0.5, 0.6) is 11.5 Å². The average Bonchev–Trinajstić information content (AvgIpc) is 3.01. The Balaban J connectivity index is 1.94. The summed E-state index contributed by atoms with van der Waals surface area (Å²) in [6, 6.07) is 25.9. The number of rotatable bonds is 4. The molecular weight excluding hydrogens is 320 g/mol. The Kier molecular flexibility index (Phi) is 4.20. The number of methoxy groups -OCH3 is 2. The molecule has 1 aliphatic carbocycles. The summed E-state index contributed by atoms with van der Waals surface area (Å²) in [5.74, 6) is 1.93. The fraction of sp³-hybridized carbons (Fsp3) is 0.250. The first kappa shape index (κ1) is 16.7. The topological polar surface area (TPSA) is 18.5 Å². The smallest absolute Gasteiger partial charge is 0.161 e. The zero-order valence-electron chi connectivity index (χ0n) is 15.5. The van der Waals surface area contributed by atoms with E-state index < -0.39 is 0 Å². The van der Waals surface area contributed by atoms with Gasteiger partial charge in [-0.1, -0.05) is 67.6 Å². The zero-order valence-corrected chi connectivity index (χ0v) is 15.5. The third-order valence-electron chi connectivity index (χ3n) is 5.75. The molecule has 0 aromatic heterocycles. The summed E-state index contributed by atoms with van der Waals surface area (Å²) in [4.78, 5) is 0. The first-order valence-corrected chi connectivity index (χ1v) is 9.04. The summed E-state index contributed by atoms with van der Waals surface area (Å²) < 4.78 is 11.2. The molecule has 0 N–H and O–H groups in total. The SMILES string of the molecule is COc1cc2c(cc1OC)[C@@](C)(c1ccccc1)C[C@H]2c1ccccc1. The molecule has 0 saturated heterocycles. The zero-order chi connectivity index (χ0) is 18.1. The van der Waals surface area contributed by atoms with Crippen LogP contribution in [0, 0.1) is 0 Å². The van der Waals surface area contributed by atoms with E-state index in [9.17, 15) is 0 Å². The van der Waals surface area contributed by atoms with Crippen LogP contribution in [0.4, 0.5) is 0 Å². The van der Waals surface area contributed by atoms with Crippen LogP contribution in [-0.4, -0.2) is 14.2 Å². The number of ether oxygens (including phenoxy) is 2. The van der Waals surface area contributed by atoms with Crippen molar-refractivity contribution in [2.24, 2.45) is 0 Å². The van der Waals surface area contributed by atoms with E-state index in [1.54, 1.807) is 14.2 Å². The molecule has 4 rings (SSSR count). The van der Waals surface area contributed by atoms with E-state index in [0.717, 1.165) is 17.9 Å². The van der Waals surface area contributed by atoms with Gasteiger partial charge in [0.2, 0.25) is 0 Å². The minimum absolute atomic E-state index is 0.0589. The van der Waals surface area contributed by atoms with Gasteiger partial charge in [-0.3, -0.25) is 0 Å². The van der Waals surface area contributed by atoms with Gasteiger partial charge in [0, 0.05) is 11.3 Å². The first-order chi connectivity index (χ1) is 12.7. The Hall–Kier alpha value is -2.74. The lowest BCUT2D eigenvalue weighted by Gasteiger charge is -2.27. The van der Waals surface area contributed by atoms with Crippen LogP contribution in [0.3, 0.4) is 0 Å². The Bertz CT molecular complexity index is 902. The maximum atomic E-state index is 5.61. The second-order valence-corrected chi connectivity index (χ2v) is 7.16. The van der Waals surface area contributed by atoms with Crippen LogP contribution in [0.15, 0.2) is 72.8 Å². The van der Waals surface area contributed by atoms with Crippen molar-refractivity contribution in [3.63, 3.8) is 0 Å². The van der Waals surface area contributed by atoms with Gasteiger partial charge >= 0.3 is 0 Å². The van der Waals surface area contributed by atoms with Crippen LogP contribution >= 0.6 is 0 Å². The number of hydrogen-bond donors (Lipinski definition) is 0. The quantitative estimate of drug-likeness (QED) is 0.618. The molecule has 0 aliphatic heterocycles. The van der Waals surface area contributed by atoms with E-state index in [2.05, 4.69) is 79.7 Å². The van der Waals surface area contributed by atoms with Gasteiger partial charge in [0.25, 0.3) is 0 Å². The highest BCUT2D eigenvalue weighted by atomic mass is 16.5. The minimum Gasteiger partial charge on any atom is -0.493 e. The van der Waals surface area contributed by atoms with Gasteiger partial charge in [0.1, 0.15) is 0 Å². The van der Waals surface area contributed by atoms with Gasteiger partial charge in [0.15, 0.2) is 11.5 Å². The molecule has 0 unspecified atom stereocenters. The van der Waals surface area contributed by atoms with Crippen LogP contribution in [0.2, 0.25) is 0 Å². The predicted octanol–water partition coefficient (Wildman–Crippen LogP) is 5.55. The molecule has 2 heteroatoms. The molecular formula is C24H24O2. The van der Waals surface area contributed by atoms with Gasteiger partial charge in [-0.2, -0.15) is 0 Å². The van der Waals surface area contributed by atoms with Crippen LogP contribution in [-0.2, 0) is 5.41 Å². The van der Waals surface area contributed by atoms with Crippen molar-refractivity contribution in [3.8, 4) is 11.5 Å². The summed E-state index contributed by atoms with van der Waals surface area (Å²) in [5, 5.41) is 0. The standard InChI is InChI=1S/C24H24O2/c1-24(18-12-8-5-9-13-18)16-20(17-10-6-4-7-11-17)19-14-22(25-2)23(26-3)15-21(19)24/h4-15,20H,16H2,1-3H3/t20-,24+/m0/s1. The van der Waals surface area contributed by atoms with E-state index >= 15 is 0 Å². The van der Waals surface area contributed by atoms with Crippen LogP contribution in [0.1, 0.15) is 41.5 Å². The molecule has 0 radical (unpaired) electrons. The molecule has 2 nitrogen and oxygen atoms in total. The Morgan fingerprint density at radius 3 is 2.00 bits per heavy atom. The fourth-order valence-corrected chi connectivity index (χ4v) is 4.35. The minimum atomic E-state index is -0.0589. The fourth-order valence-electron chi connectivity index (χ4n) is 4.35. The normalized spacial score (nSPS) is 21.3. The van der Waals surface area contributed by atoms with Crippen LogP contribution < -0.4 is 9.47 Å². The molecule has 0 bridgehead atoms. The van der Waals surface area contributed by atoms with Crippen molar-refractivity contribution in [2.45, 2.75) is 24.7 Å². The summed E-state index contributed by atoms with van der Waals surface area (Å²) in [6.07, 6.45) is 1.03. The van der Waals surface area contributed by atoms with Crippen molar-refractivity contribution in [1.82, 2.24) is 0 Å². The summed E-state index contributed by atoms with van der Waals surface area (Å²) in [7, 11) is 3.40. The van der Waals surface area contributed by atoms with E-state index in [1.807, 2.05) is 0 Å². The molecule has 3 aromatic carbocycles. The van der Waals surface area contributed by atoms with E-state index in [0.29, 0.717) is 5.92 Å². The molecule has 1 aliphatic rings. The largest absolute Gasteiger partial charge is 0.493 e. The van der Waals surface area contributed by atoms with E-state index in [-0.39, 0.29) is 5.41 Å². The molecule has 0 saturated carbocycles. The molecule has 0 spiro atoms. The molecule has 0 heterocycles. The van der Waals surface area contributed by atoms with Gasteiger partial charge in [0.05, 0.1) is 14.2 Å². The monoisotopic (exact) mass is 344 g/mol. The van der Waals surface area contributed by atoms with Gasteiger partial charge in [-0.25, -0.2) is 0 Å². The molecule has 0 fully saturated rings. The van der Waals surface area contributed by atoms with Crippen molar-refractivity contribution >= 4 is 0 Å². The van der Waals surface area contributed by atoms with Gasteiger partial charge in [-0.15, -0.1) is 0 Å². The second-order valence-electron chi connectivity index (χ2n) is 7.16. The summed E-state index contributed by atoms with van der Waals surface area (Å²) in [5.41, 5.74) is 5.29. The number of fused-ring (bicyclic) bond motifs is 1. The highest BCUT2D eigenvalue weighted by molar-refractivity contribution is 5.59. The molecule has 132 valence electrons. The number of hydrogen-bond acceptors (Lipinski definition) is 2. The third-order valence-corrected chi connectivity index (χ3v) is 5.75. The van der Waals surface area contributed by atoms with E-state index in [4.69, 9.17) is 9.47 Å². The Morgan fingerprint density at radius 2 is 1.38 bits per heavy atom. The highest BCUT2D eigenvalue weighted by Crippen LogP contribution is 2.54. The molecule has 26 heavy (non-hydrogen) atoms. The molecule has 2 atom stereocenters. The van der Waals surface area contributed by atoms with Gasteiger partial charge < -0.3 is 9.47 Å². The Labute approximate surface area is 155 Å². The number of benzene rings is 3. The maximum absolute atomic E-state index is 5.61. The van der Waals surface area contributed by atoms with Gasteiger partial charge in [-0.05, 0) is 40.8 Å². The second kappa shape index (κ2) is 6.53.